The molecule has 0 radical (unpaired) electrons. The topological polar surface area (TPSA) is 25.2 Å². The van der Waals surface area contributed by atoms with Crippen LogP contribution in [0.4, 0.5) is 0 Å². The van der Waals surface area contributed by atoms with Gasteiger partial charge in [-0.25, -0.2) is 0 Å². The van der Waals surface area contributed by atoms with Crippen molar-refractivity contribution in [3.63, 3.8) is 0 Å². The fourth-order valence-electron chi connectivity index (χ4n) is 0.775. The minimum Gasteiger partial charge on any atom is -0.395 e. The van der Waals surface area contributed by atoms with Crippen LogP contribution < -0.4 is 0 Å². The number of aromatic nitrogens is 1. The van der Waals surface area contributed by atoms with Gasteiger partial charge in [0, 0.05) is 17.6 Å². The Labute approximate surface area is 68.7 Å². The third kappa shape index (κ3) is 1.45. The number of aliphatic hydroxyl groups is 1. The van der Waals surface area contributed by atoms with E-state index in [0.29, 0.717) is 6.54 Å². The molecule has 0 aliphatic rings. The smallest absolute Gasteiger partial charge is 0.161 e. The summed E-state index contributed by atoms with van der Waals surface area (Å²) >= 11 is 6.55. The molecule has 1 aromatic rings. The first-order valence-corrected chi connectivity index (χ1v) is 4.30. The van der Waals surface area contributed by atoms with Crippen LogP contribution in [0.15, 0.2) is 5.38 Å². The molecule has 1 aromatic heterocycles. The van der Waals surface area contributed by atoms with Gasteiger partial charge in [-0.05, 0) is 19.1 Å². The van der Waals surface area contributed by atoms with E-state index in [-0.39, 0.29) is 6.61 Å². The predicted octanol–water partition coefficient (Wildman–Crippen LogP) is 1.58. The summed E-state index contributed by atoms with van der Waals surface area (Å²) < 4.78 is 2.77. The van der Waals surface area contributed by atoms with Crippen molar-refractivity contribution in [3.8, 4) is 0 Å². The Morgan fingerprint density at radius 2 is 2.50 bits per heavy atom. The molecule has 0 saturated heterocycles. The molecule has 56 valence electrons. The molecule has 0 aliphatic heterocycles. The summed E-state index contributed by atoms with van der Waals surface area (Å²) in [7, 11) is 0. The van der Waals surface area contributed by atoms with Crippen LogP contribution in [0.5, 0.6) is 0 Å². The van der Waals surface area contributed by atoms with Gasteiger partial charge >= 0.3 is 0 Å². The minimum atomic E-state index is 0.159. The molecule has 1 heterocycles. The van der Waals surface area contributed by atoms with Gasteiger partial charge in [0.05, 0.1) is 6.61 Å². The maximum absolute atomic E-state index is 8.62. The number of hydrogen-bond acceptors (Lipinski definition) is 3. The van der Waals surface area contributed by atoms with E-state index in [2.05, 4.69) is 0 Å². The van der Waals surface area contributed by atoms with Crippen LogP contribution in [0, 0.1) is 10.9 Å². The average Bonchev–Trinajstić information content (AvgIpc) is 2.20. The highest BCUT2D eigenvalue weighted by Crippen LogP contribution is 2.08. The SMILES string of the molecule is Cc1csc(=S)n1CCO. The van der Waals surface area contributed by atoms with Crippen molar-refractivity contribution in [1.82, 2.24) is 4.57 Å². The van der Waals surface area contributed by atoms with E-state index in [9.17, 15) is 0 Å². The summed E-state index contributed by atoms with van der Waals surface area (Å²) in [6, 6.07) is 0. The molecule has 1 rings (SSSR count). The molecule has 0 unspecified atom stereocenters. The monoisotopic (exact) mass is 175 g/mol. The first-order chi connectivity index (χ1) is 4.75. The lowest BCUT2D eigenvalue weighted by atomic mass is 10.5. The van der Waals surface area contributed by atoms with Gasteiger partial charge in [-0.1, -0.05) is 0 Å². The van der Waals surface area contributed by atoms with Crippen LogP contribution >= 0.6 is 23.6 Å². The van der Waals surface area contributed by atoms with Crippen LogP contribution in [0.2, 0.25) is 0 Å². The molecule has 0 aliphatic carbocycles. The highest BCUT2D eigenvalue weighted by atomic mass is 32.1. The standard InChI is InChI=1S/C6H9NOS2/c1-5-4-10-6(9)7(5)2-3-8/h4,8H,2-3H2,1H3. The third-order valence-electron chi connectivity index (χ3n) is 1.30. The molecule has 0 saturated carbocycles. The van der Waals surface area contributed by atoms with Gasteiger partial charge in [0.1, 0.15) is 0 Å². The number of aryl methyl sites for hydroxylation is 1. The number of hydrogen-bond donors (Lipinski definition) is 1. The number of rotatable bonds is 2. The maximum Gasteiger partial charge on any atom is 0.161 e. The summed E-state index contributed by atoms with van der Waals surface area (Å²) in [6.45, 7) is 2.77. The molecular formula is C6H9NOS2. The Morgan fingerprint density at radius 3 is 2.90 bits per heavy atom. The van der Waals surface area contributed by atoms with Crippen molar-refractivity contribution in [2.45, 2.75) is 13.5 Å². The second kappa shape index (κ2) is 3.27. The Bertz CT molecular complexity index is 263. The van der Waals surface area contributed by atoms with Gasteiger partial charge in [-0.2, -0.15) is 0 Å². The van der Waals surface area contributed by atoms with Gasteiger partial charge in [-0.15, -0.1) is 11.3 Å². The molecule has 0 bridgehead atoms. The Balaban J connectivity index is 2.99. The summed E-state index contributed by atoms with van der Waals surface area (Å²) in [5.41, 5.74) is 1.13. The summed E-state index contributed by atoms with van der Waals surface area (Å²) in [5.74, 6) is 0. The van der Waals surface area contributed by atoms with Gasteiger partial charge in [0.15, 0.2) is 3.95 Å². The van der Waals surface area contributed by atoms with Crippen molar-refractivity contribution in [1.29, 1.82) is 0 Å². The molecule has 2 nitrogen and oxygen atoms in total. The van der Waals surface area contributed by atoms with Crippen molar-refractivity contribution >= 4 is 23.6 Å². The van der Waals surface area contributed by atoms with Crippen molar-refractivity contribution in [2.24, 2.45) is 0 Å². The quantitative estimate of drug-likeness (QED) is 0.690. The molecule has 0 amide bonds. The van der Waals surface area contributed by atoms with E-state index in [4.69, 9.17) is 17.3 Å². The zero-order chi connectivity index (χ0) is 7.56. The fraction of sp³-hybridized carbons (Fsp3) is 0.500. The van der Waals surface area contributed by atoms with Crippen LogP contribution in [0.3, 0.4) is 0 Å². The van der Waals surface area contributed by atoms with Crippen LogP contribution in [0.25, 0.3) is 0 Å². The highest BCUT2D eigenvalue weighted by Gasteiger charge is 1.96. The summed E-state index contributed by atoms with van der Waals surface area (Å²) in [5, 5.41) is 10.6. The van der Waals surface area contributed by atoms with Crippen LogP contribution in [0.1, 0.15) is 5.69 Å². The van der Waals surface area contributed by atoms with E-state index < -0.39 is 0 Å². The van der Waals surface area contributed by atoms with Gasteiger partial charge in [-0.3, -0.25) is 0 Å². The largest absolute Gasteiger partial charge is 0.395 e. The summed E-state index contributed by atoms with van der Waals surface area (Å²) in [6.07, 6.45) is 0. The lowest BCUT2D eigenvalue weighted by molar-refractivity contribution is 0.275. The molecular weight excluding hydrogens is 166 g/mol. The second-order valence-corrected chi connectivity index (χ2v) is 3.52. The highest BCUT2D eigenvalue weighted by molar-refractivity contribution is 7.73. The molecule has 1 N–H and O–H groups in total. The molecule has 0 atom stereocenters. The number of nitrogens with zero attached hydrogens (tertiary/aromatic N) is 1. The van der Waals surface area contributed by atoms with Gasteiger partial charge < -0.3 is 9.67 Å². The first-order valence-electron chi connectivity index (χ1n) is 3.01. The minimum absolute atomic E-state index is 0.159. The van der Waals surface area contributed by atoms with Crippen molar-refractivity contribution in [3.05, 3.63) is 15.0 Å². The Morgan fingerprint density at radius 1 is 1.80 bits per heavy atom. The Kier molecular flexibility index (Phi) is 2.59. The van der Waals surface area contributed by atoms with Gasteiger partial charge in [0.2, 0.25) is 0 Å². The number of aliphatic hydroxyl groups excluding tert-OH is 1. The molecule has 0 aromatic carbocycles. The lowest BCUT2D eigenvalue weighted by Gasteiger charge is -1.99. The van der Waals surface area contributed by atoms with Crippen molar-refractivity contribution in [2.75, 3.05) is 6.61 Å². The number of thiazole rings is 1. The van der Waals surface area contributed by atoms with Gasteiger partial charge in [0.25, 0.3) is 0 Å². The average molecular weight is 175 g/mol. The predicted molar refractivity (Wildman–Crippen MR) is 45.0 cm³/mol. The second-order valence-electron chi connectivity index (χ2n) is 2.02. The van der Waals surface area contributed by atoms with E-state index in [0.717, 1.165) is 9.65 Å². The van der Waals surface area contributed by atoms with Crippen LogP contribution in [-0.4, -0.2) is 16.3 Å². The fourth-order valence-corrected chi connectivity index (χ4v) is 1.92. The zero-order valence-electron chi connectivity index (χ0n) is 5.70. The molecule has 4 heteroatoms. The third-order valence-corrected chi connectivity index (χ3v) is 2.69. The van der Waals surface area contributed by atoms with Crippen molar-refractivity contribution < 1.29 is 5.11 Å². The van der Waals surface area contributed by atoms with Crippen LogP contribution in [-0.2, 0) is 6.54 Å². The molecule has 0 fully saturated rings. The first kappa shape index (κ1) is 7.91. The van der Waals surface area contributed by atoms with E-state index >= 15 is 0 Å². The maximum atomic E-state index is 8.62. The lowest BCUT2D eigenvalue weighted by Crippen LogP contribution is -2.02. The normalized spacial score (nSPS) is 10.2. The van der Waals surface area contributed by atoms with E-state index in [1.807, 2.05) is 16.9 Å². The molecule has 10 heavy (non-hydrogen) atoms. The zero-order valence-corrected chi connectivity index (χ0v) is 7.34. The van der Waals surface area contributed by atoms with E-state index in [1.165, 1.54) is 11.3 Å². The van der Waals surface area contributed by atoms with E-state index in [1.54, 1.807) is 0 Å². The molecule has 0 spiro atoms. The summed E-state index contributed by atoms with van der Waals surface area (Å²) in [4.78, 5) is 0. The Hall–Kier alpha value is -0.190.